The van der Waals surface area contributed by atoms with Crippen LogP contribution in [0.3, 0.4) is 0 Å². The van der Waals surface area contributed by atoms with Crippen LogP contribution in [0.1, 0.15) is 47.3 Å². The largest absolute Gasteiger partial charge is 0.462 e. The van der Waals surface area contributed by atoms with Gasteiger partial charge in [0.15, 0.2) is 0 Å². The van der Waals surface area contributed by atoms with Crippen molar-refractivity contribution in [3.05, 3.63) is 34.4 Å². The van der Waals surface area contributed by atoms with Gasteiger partial charge < -0.3 is 4.74 Å². The molecule has 0 atom stereocenters. The lowest BCUT2D eigenvalue weighted by atomic mass is 9.97. The van der Waals surface area contributed by atoms with Crippen molar-refractivity contribution in [1.29, 1.82) is 5.26 Å². The van der Waals surface area contributed by atoms with Crippen molar-refractivity contribution in [2.75, 3.05) is 6.61 Å². The van der Waals surface area contributed by atoms with E-state index in [-0.39, 0.29) is 23.3 Å². The standard InChI is InChI=1S/C13H13F2NO2/c1-3-8-5-9(12(14)15)6-10(11(8)7-16)13(17)18-4-2/h5-6,12H,3-4H2,1-2H3. The zero-order valence-corrected chi connectivity index (χ0v) is 10.2. The zero-order valence-electron chi connectivity index (χ0n) is 10.2. The summed E-state index contributed by atoms with van der Waals surface area (Å²) in [4.78, 5) is 11.6. The molecule has 1 rings (SSSR count). The number of ether oxygens (including phenoxy) is 1. The van der Waals surface area contributed by atoms with Crippen molar-refractivity contribution in [1.82, 2.24) is 0 Å². The smallest absolute Gasteiger partial charge is 0.339 e. The molecule has 18 heavy (non-hydrogen) atoms. The molecule has 0 saturated carbocycles. The van der Waals surface area contributed by atoms with Crippen LogP contribution in [-0.4, -0.2) is 12.6 Å². The molecule has 0 aliphatic rings. The van der Waals surface area contributed by atoms with Crippen LogP contribution in [-0.2, 0) is 11.2 Å². The Morgan fingerprint density at radius 1 is 1.44 bits per heavy atom. The Balaban J connectivity index is 3.41. The van der Waals surface area contributed by atoms with Crippen molar-refractivity contribution < 1.29 is 18.3 Å². The summed E-state index contributed by atoms with van der Waals surface area (Å²) in [6, 6.07) is 4.16. The molecule has 1 aromatic rings. The number of hydrogen-bond donors (Lipinski definition) is 0. The number of esters is 1. The average molecular weight is 253 g/mol. The molecule has 0 unspecified atom stereocenters. The molecule has 5 heteroatoms. The number of rotatable bonds is 4. The van der Waals surface area contributed by atoms with Gasteiger partial charge in [-0.3, -0.25) is 0 Å². The van der Waals surface area contributed by atoms with Crippen LogP contribution >= 0.6 is 0 Å². The third-order valence-electron chi connectivity index (χ3n) is 2.48. The van der Waals surface area contributed by atoms with Crippen LogP contribution in [0, 0.1) is 11.3 Å². The fourth-order valence-electron chi connectivity index (χ4n) is 1.63. The Hall–Kier alpha value is -1.96. The number of aryl methyl sites for hydroxylation is 1. The van der Waals surface area contributed by atoms with Crippen molar-refractivity contribution in [2.24, 2.45) is 0 Å². The van der Waals surface area contributed by atoms with Gasteiger partial charge in [0.1, 0.15) is 6.07 Å². The van der Waals surface area contributed by atoms with Crippen molar-refractivity contribution in [3.8, 4) is 6.07 Å². The minimum atomic E-state index is -2.68. The summed E-state index contributed by atoms with van der Waals surface area (Å²) in [5.41, 5.74) is 0.182. The number of benzene rings is 1. The highest BCUT2D eigenvalue weighted by Crippen LogP contribution is 2.25. The number of carbonyl (C=O) groups is 1. The van der Waals surface area contributed by atoms with E-state index in [4.69, 9.17) is 10.00 Å². The van der Waals surface area contributed by atoms with Crippen LogP contribution in [0.5, 0.6) is 0 Å². The van der Waals surface area contributed by atoms with Gasteiger partial charge in [-0.05, 0) is 31.0 Å². The van der Waals surface area contributed by atoms with Gasteiger partial charge in [-0.1, -0.05) is 6.92 Å². The second-order valence-corrected chi connectivity index (χ2v) is 3.59. The van der Waals surface area contributed by atoms with Crippen LogP contribution in [0.4, 0.5) is 8.78 Å². The average Bonchev–Trinajstić information content (AvgIpc) is 2.37. The second kappa shape index (κ2) is 6.10. The Labute approximate surface area is 104 Å². The molecule has 0 N–H and O–H groups in total. The lowest BCUT2D eigenvalue weighted by Crippen LogP contribution is -2.10. The van der Waals surface area contributed by atoms with E-state index in [1.54, 1.807) is 13.8 Å². The maximum absolute atomic E-state index is 12.7. The zero-order chi connectivity index (χ0) is 13.7. The van der Waals surface area contributed by atoms with Gasteiger partial charge in [0, 0.05) is 5.56 Å². The first kappa shape index (κ1) is 14.1. The summed E-state index contributed by atoms with van der Waals surface area (Å²) in [7, 11) is 0. The fourth-order valence-corrected chi connectivity index (χ4v) is 1.63. The number of nitrogens with zero attached hydrogens (tertiary/aromatic N) is 1. The van der Waals surface area contributed by atoms with Crippen LogP contribution in [0.2, 0.25) is 0 Å². The molecule has 0 heterocycles. The van der Waals surface area contributed by atoms with Gasteiger partial charge in [-0.25, -0.2) is 13.6 Å². The minimum Gasteiger partial charge on any atom is -0.462 e. The van der Waals surface area contributed by atoms with Gasteiger partial charge in [0.2, 0.25) is 0 Å². The van der Waals surface area contributed by atoms with E-state index in [0.717, 1.165) is 6.07 Å². The van der Waals surface area contributed by atoms with E-state index in [2.05, 4.69) is 0 Å². The minimum absolute atomic E-state index is 0.0889. The SMILES string of the molecule is CCOC(=O)c1cc(C(F)F)cc(CC)c1C#N. The summed E-state index contributed by atoms with van der Waals surface area (Å²) in [6.07, 6.45) is -2.29. The number of hydrogen-bond acceptors (Lipinski definition) is 3. The summed E-state index contributed by atoms with van der Waals surface area (Å²) < 4.78 is 30.2. The van der Waals surface area contributed by atoms with Gasteiger partial charge in [-0.2, -0.15) is 5.26 Å². The van der Waals surface area contributed by atoms with Crippen molar-refractivity contribution in [2.45, 2.75) is 26.7 Å². The molecule has 0 aliphatic carbocycles. The van der Waals surface area contributed by atoms with Gasteiger partial charge in [0.25, 0.3) is 6.43 Å². The first-order valence-electron chi connectivity index (χ1n) is 5.57. The molecule has 3 nitrogen and oxygen atoms in total. The predicted molar refractivity (Wildman–Crippen MR) is 61.4 cm³/mol. The number of carbonyl (C=O) groups excluding carboxylic acids is 1. The molecule has 0 bridgehead atoms. The summed E-state index contributed by atoms with van der Waals surface area (Å²) >= 11 is 0. The molecule has 1 aromatic carbocycles. The van der Waals surface area contributed by atoms with Crippen molar-refractivity contribution >= 4 is 5.97 Å². The number of halogens is 2. The number of nitriles is 1. The van der Waals surface area contributed by atoms with Gasteiger partial charge >= 0.3 is 5.97 Å². The van der Waals surface area contributed by atoms with E-state index >= 15 is 0 Å². The normalized spacial score (nSPS) is 10.2. The van der Waals surface area contributed by atoms with E-state index in [0.29, 0.717) is 12.0 Å². The first-order valence-corrected chi connectivity index (χ1v) is 5.57. The molecule has 0 radical (unpaired) electrons. The second-order valence-electron chi connectivity index (χ2n) is 3.59. The molecule has 0 saturated heterocycles. The maximum atomic E-state index is 12.7. The van der Waals surface area contributed by atoms with E-state index in [1.807, 2.05) is 6.07 Å². The molecule has 0 aliphatic heterocycles. The predicted octanol–water partition coefficient (Wildman–Crippen LogP) is 3.23. The lowest BCUT2D eigenvalue weighted by Gasteiger charge is -2.10. The molecular formula is C13H13F2NO2. The summed E-state index contributed by atoms with van der Waals surface area (Å²) in [5.74, 6) is -0.744. The quantitative estimate of drug-likeness (QED) is 0.774. The molecule has 96 valence electrons. The van der Waals surface area contributed by atoms with Crippen molar-refractivity contribution in [3.63, 3.8) is 0 Å². The Morgan fingerprint density at radius 3 is 2.56 bits per heavy atom. The van der Waals surface area contributed by atoms with E-state index in [1.165, 1.54) is 6.07 Å². The Kier molecular flexibility index (Phi) is 4.78. The monoisotopic (exact) mass is 253 g/mol. The first-order chi connectivity index (χ1) is 8.54. The number of alkyl halides is 2. The summed E-state index contributed by atoms with van der Waals surface area (Å²) in [6.45, 7) is 3.48. The molecule has 0 spiro atoms. The van der Waals surface area contributed by atoms with E-state index < -0.39 is 12.4 Å². The highest BCUT2D eigenvalue weighted by atomic mass is 19.3. The van der Waals surface area contributed by atoms with Crippen LogP contribution in [0.15, 0.2) is 12.1 Å². The Bertz CT molecular complexity index is 492. The van der Waals surface area contributed by atoms with Gasteiger partial charge in [0.05, 0.1) is 17.7 Å². The van der Waals surface area contributed by atoms with Gasteiger partial charge in [-0.15, -0.1) is 0 Å². The highest BCUT2D eigenvalue weighted by Gasteiger charge is 2.20. The molecule has 0 aromatic heterocycles. The fraction of sp³-hybridized carbons (Fsp3) is 0.385. The molecule has 0 amide bonds. The van der Waals surface area contributed by atoms with Crippen LogP contribution < -0.4 is 0 Å². The highest BCUT2D eigenvalue weighted by molar-refractivity contribution is 5.93. The Morgan fingerprint density at radius 2 is 2.11 bits per heavy atom. The molecular weight excluding hydrogens is 240 g/mol. The lowest BCUT2D eigenvalue weighted by molar-refractivity contribution is 0.0525. The van der Waals surface area contributed by atoms with Crippen LogP contribution in [0.25, 0.3) is 0 Å². The summed E-state index contributed by atoms with van der Waals surface area (Å²) in [5, 5.41) is 9.03. The third kappa shape index (κ3) is 2.83. The van der Waals surface area contributed by atoms with E-state index in [9.17, 15) is 13.6 Å². The third-order valence-corrected chi connectivity index (χ3v) is 2.48. The topological polar surface area (TPSA) is 50.1 Å². The molecule has 0 fully saturated rings. The maximum Gasteiger partial charge on any atom is 0.339 e.